The summed E-state index contributed by atoms with van der Waals surface area (Å²) in [5.41, 5.74) is 2.55. The van der Waals surface area contributed by atoms with Crippen LogP contribution in [0.1, 0.15) is 30.6 Å². The molecule has 0 aliphatic carbocycles. The van der Waals surface area contributed by atoms with E-state index in [2.05, 4.69) is 10.6 Å². The van der Waals surface area contributed by atoms with Gasteiger partial charge in [0.15, 0.2) is 0 Å². The first-order chi connectivity index (χ1) is 11.4. The van der Waals surface area contributed by atoms with Crippen LogP contribution in [0.25, 0.3) is 0 Å². The smallest absolute Gasteiger partial charge is 0.225 e. The Labute approximate surface area is 141 Å². The zero-order valence-corrected chi connectivity index (χ0v) is 13.9. The Morgan fingerprint density at radius 2 is 1.75 bits per heavy atom. The van der Waals surface area contributed by atoms with Crippen LogP contribution in [-0.4, -0.2) is 23.6 Å². The average molecular weight is 330 g/mol. The molecule has 0 aromatic heterocycles. The molecule has 3 N–H and O–H groups in total. The highest BCUT2D eigenvalue weighted by Gasteiger charge is 2.12. The Hall–Kier alpha value is -2.24. The molecular weight excluding hydrogens is 307 g/mol. The van der Waals surface area contributed by atoms with Gasteiger partial charge in [0.05, 0.1) is 6.10 Å². The third-order valence-corrected chi connectivity index (χ3v) is 3.74. The number of benzene rings is 2. The number of halogens is 1. The van der Waals surface area contributed by atoms with Crippen molar-refractivity contribution in [2.75, 3.05) is 11.9 Å². The van der Waals surface area contributed by atoms with Gasteiger partial charge in [-0.15, -0.1) is 0 Å². The van der Waals surface area contributed by atoms with Crippen molar-refractivity contribution in [1.82, 2.24) is 5.32 Å². The lowest BCUT2D eigenvalue weighted by Crippen LogP contribution is -2.33. The second kappa shape index (κ2) is 8.57. The Morgan fingerprint density at radius 1 is 1.12 bits per heavy atom. The van der Waals surface area contributed by atoms with Crippen LogP contribution in [0.15, 0.2) is 48.5 Å². The van der Waals surface area contributed by atoms with Crippen LogP contribution in [-0.2, 0) is 4.79 Å². The van der Waals surface area contributed by atoms with Crippen molar-refractivity contribution in [2.45, 2.75) is 32.4 Å². The SMILES string of the molecule is Cc1ccc(C(O)CNC(C)CC(=O)Nc2ccc(F)cc2)cc1. The zero-order chi connectivity index (χ0) is 17.5. The molecule has 128 valence electrons. The van der Waals surface area contributed by atoms with E-state index in [1.165, 1.54) is 24.3 Å². The zero-order valence-electron chi connectivity index (χ0n) is 13.9. The monoisotopic (exact) mass is 330 g/mol. The fourth-order valence-electron chi connectivity index (χ4n) is 2.31. The first-order valence-corrected chi connectivity index (χ1v) is 7.97. The van der Waals surface area contributed by atoms with Gasteiger partial charge in [-0.2, -0.15) is 0 Å². The third kappa shape index (κ3) is 5.76. The van der Waals surface area contributed by atoms with Crippen molar-refractivity contribution >= 4 is 11.6 Å². The van der Waals surface area contributed by atoms with E-state index >= 15 is 0 Å². The molecule has 1 amide bonds. The van der Waals surface area contributed by atoms with E-state index in [1.54, 1.807) is 0 Å². The molecule has 5 heteroatoms. The van der Waals surface area contributed by atoms with E-state index in [0.29, 0.717) is 12.2 Å². The molecule has 0 radical (unpaired) electrons. The van der Waals surface area contributed by atoms with Gasteiger partial charge in [-0.1, -0.05) is 29.8 Å². The van der Waals surface area contributed by atoms with Crippen LogP contribution < -0.4 is 10.6 Å². The Kier molecular flexibility index (Phi) is 6.46. The van der Waals surface area contributed by atoms with E-state index in [-0.39, 0.29) is 24.2 Å². The van der Waals surface area contributed by atoms with Gasteiger partial charge in [0.2, 0.25) is 5.91 Å². The maximum Gasteiger partial charge on any atom is 0.225 e. The molecule has 0 fully saturated rings. The molecule has 4 nitrogen and oxygen atoms in total. The van der Waals surface area contributed by atoms with Crippen molar-refractivity contribution in [3.63, 3.8) is 0 Å². The van der Waals surface area contributed by atoms with Gasteiger partial charge >= 0.3 is 0 Å². The standard InChI is InChI=1S/C19H23FN2O2/c1-13-3-5-15(6-4-13)18(23)12-21-14(2)11-19(24)22-17-9-7-16(20)8-10-17/h3-10,14,18,21,23H,11-12H2,1-2H3,(H,22,24). The summed E-state index contributed by atoms with van der Waals surface area (Å²) in [5.74, 6) is -0.500. The lowest BCUT2D eigenvalue weighted by Gasteiger charge is -2.17. The number of anilines is 1. The summed E-state index contributed by atoms with van der Waals surface area (Å²) >= 11 is 0. The van der Waals surface area contributed by atoms with Crippen LogP contribution in [0.3, 0.4) is 0 Å². The number of rotatable bonds is 7. The number of nitrogens with one attached hydrogen (secondary N) is 2. The van der Waals surface area contributed by atoms with Crippen molar-refractivity contribution in [3.8, 4) is 0 Å². The van der Waals surface area contributed by atoms with Crippen molar-refractivity contribution < 1.29 is 14.3 Å². The first-order valence-electron chi connectivity index (χ1n) is 7.97. The molecular formula is C19H23FN2O2. The van der Waals surface area contributed by atoms with Gasteiger partial charge in [-0.25, -0.2) is 4.39 Å². The summed E-state index contributed by atoms with van der Waals surface area (Å²) in [6.45, 7) is 4.25. The molecule has 2 aromatic carbocycles. The lowest BCUT2D eigenvalue weighted by atomic mass is 10.1. The molecule has 0 saturated heterocycles. The van der Waals surface area contributed by atoms with Gasteiger partial charge in [0.25, 0.3) is 0 Å². The van der Waals surface area contributed by atoms with Gasteiger partial charge in [0.1, 0.15) is 5.82 Å². The van der Waals surface area contributed by atoms with E-state index in [1.807, 2.05) is 38.1 Å². The molecule has 2 aromatic rings. The minimum absolute atomic E-state index is 0.0921. The Balaban J connectivity index is 1.75. The highest BCUT2D eigenvalue weighted by molar-refractivity contribution is 5.91. The number of hydrogen-bond acceptors (Lipinski definition) is 3. The lowest BCUT2D eigenvalue weighted by molar-refractivity contribution is -0.116. The molecule has 2 atom stereocenters. The number of aliphatic hydroxyl groups excluding tert-OH is 1. The number of aliphatic hydroxyl groups is 1. The highest BCUT2D eigenvalue weighted by Crippen LogP contribution is 2.13. The van der Waals surface area contributed by atoms with Gasteiger partial charge in [-0.05, 0) is 43.7 Å². The highest BCUT2D eigenvalue weighted by atomic mass is 19.1. The van der Waals surface area contributed by atoms with Crippen molar-refractivity contribution in [3.05, 3.63) is 65.5 Å². The van der Waals surface area contributed by atoms with Gasteiger partial charge in [-0.3, -0.25) is 4.79 Å². The number of amides is 1. The maximum atomic E-state index is 12.8. The van der Waals surface area contributed by atoms with Gasteiger partial charge < -0.3 is 15.7 Å². The molecule has 0 bridgehead atoms. The topological polar surface area (TPSA) is 61.4 Å². The number of hydrogen-bond donors (Lipinski definition) is 3. The summed E-state index contributed by atoms with van der Waals surface area (Å²) in [6, 6.07) is 13.3. The molecule has 0 spiro atoms. The van der Waals surface area contributed by atoms with Crippen LogP contribution in [0.4, 0.5) is 10.1 Å². The van der Waals surface area contributed by atoms with Crippen molar-refractivity contribution in [2.24, 2.45) is 0 Å². The Bertz CT molecular complexity index is 656. The minimum atomic E-state index is -0.617. The van der Waals surface area contributed by atoms with E-state index in [0.717, 1.165) is 11.1 Å². The second-order valence-corrected chi connectivity index (χ2v) is 5.99. The van der Waals surface area contributed by atoms with E-state index < -0.39 is 6.10 Å². The van der Waals surface area contributed by atoms with Crippen LogP contribution in [0.5, 0.6) is 0 Å². The molecule has 0 aliphatic heterocycles. The summed E-state index contributed by atoms with van der Waals surface area (Å²) in [6.07, 6.45) is -0.355. The summed E-state index contributed by atoms with van der Waals surface area (Å²) in [4.78, 5) is 12.0. The quantitative estimate of drug-likeness (QED) is 0.731. The van der Waals surface area contributed by atoms with E-state index in [4.69, 9.17) is 0 Å². The predicted molar refractivity (Wildman–Crippen MR) is 93.3 cm³/mol. The fourth-order valence-corrected chi connectivity index (χ4v) is 2.31. The number of aryl methyl sites for hydroxylation is 1. The minimum Gasteiger partial charge on any atom is -0.387 e. The largest absolute Gasteiger partial charge is 0.387 e. The summed E-state index contributed by atoms with van der Waals surface area (Å²) in [7, 11) is 0. The maximum absolute atomic E-state index is 12.8. The van der Waals surface area contributed by atoms with E-state index in [9.17, 15) is 14.3 Å². The fraction of sp³-hybridized carbons (Fsp3) is 0.316. The first kappa shape index (κ1) is 18.1. The normalized spacial score (nSPS) is 13.3. The number of carbonyl (C=O) groups excluding carboxylic acids is 1. The molecule has 0 aliphatic rings. The average Bonchev–Trinajstić information content (AvgIpc) is 2.55. The van der Waals surface area contributed by atoms with Crippen molar-refractivity contribution in [1.29, 1.82) is 0 Å². The molecule has 24 heavy (non-hydrogen) atoms. The Morgan fingerprint density at radius 3 is 2.38 bits per heavy atom. The predicted octanol–water partition coefficient (Wildman–Crippen LogP) is 3.17. The summed E-state index contributed by atoms with van der Waals surface area (Å²) < 4.78 is 12.8. The van der Waals surface area contributed by atoms with Gasteiger partial charge in [0, 0.05) is 24.7 Å². The molecule has 2 rings (SSSR count). The molecule has 0 saturated carbocycles. The number of carbonyl (C=O) groups is 1. The summed E-state index contributed by atoms with van der Waals surface area (Å²) in [5, 5.41) is 16.0. The second-order valence-electron chi connectivity index (χ2n) is 5.99. The third-order valence-electron chi connectivity index (χ3n) is 3.74. The molecule has 0 heterocycles. The molecule has 2 unspecified atom stereocenters. The van der Waals surface area contributed by atoms with Crippen LogP contribution in [0, 0.1) is 12.7 Å². The van der Waals surface area contributed by atoms with Crippen LogP contribution >= 0.6 is 0 Å². The van der Waals surface area contributed by atoms with Crippen LogP contribution in [0.2, 0.25) is 0 Å².